The van der Waals surface area contributed by atoms with Gasteiger partial charge in [0.1, 0.15) is 5.75 Å². The molecule has 2 aliphatic heterocycles. The van der Waals surface area contributed by atoms with Crippen LogP contribution in [0, 0.1) is 0 Å². The lowest BCUT2D eigenvalue weighted by Crippen LogP contribution is -3.10. The van der Waals surface area contributed by atoms with Crippen LogP contribution in [0.5, 0.6) is 5.75 Å². The van der Waals surface area contributed by atoms with E-state index in [9.17, 15) is 9.59 Å². The van der Waals surface area contributed by atoms with E-state index in [0.29, 0.717) is 18.7 Å². The van der Waals surface area contributed by atoms with Crippen molar-refractivity contribution in [1.29, 1.82) is 0 Å². The second kappa shape index (κ2) is 7.95. The third-order valence-electron chi connectivity index (χ3n) is 5.49. The van der Waals surface area contributed by atoms with Gasteiger partial charge in [-0.2, -0.15) is 0 Å². The zero-order chi connectivity index (χ0) is 18.7. The first kappa shape index (κ1) is 18.5. The fourth-order valence-corrected chi connectivity index (χ4v) is 3.76. The Bertz CT molecular complexity index is 658. The standard InChI is InChI=1S/C19H28N4O3/c1-21-9-7-15(8-10-21)22(2)19(25)20-14-11-18(24)23(13-14)16-5-4-6-17(12-16)26-3/h4-6,12,14-15H,7-11,13H2,1-3H3,(H,20,25)/p+1/t14-/m0/s1. The summed E-state index contributed by atoms with van der Waals surface area (Å²) in [5.74, 6) is 0.737. The van der Waals surface area contributed by atoms with Crippen molar-refractivity contribution in [3.8, 4) is 5.75 Å². The van der Waals surface area contributed by atoms with Crippen molar-refractivity contribution in [2.75, 3.05) is 45.7 Å². The maximum atomic E-state index is 12.6. The van der Waals surface area contributed by atoms with E-state index in [1.54, 1.807) is 12.0 Å². The van der Waals surface area contributed by atoms with Crippen LogP contribution in [0.1, 0.15) is 19.3 Å². The van der Waals surface area contributed by atoms with Gasteiger partial charge in [0.25, 0.3) is 0 Å². The van der Waals surface area contributed by atoms with Crippen LogP contribution < -0.4 is 19.9 Å². The molecular formula is C19H29N4O3+. The van der Waals surface area contributed by atoms with Gasteiger partial charge < -0.3 is 24.8 Å². The third kappa shape index (κ3) is 4.09. The highest BCUT2D eigenvalue weighted by molar-refractivity contribution is 5.97. The zero-order valence-corrected chi connectivity index (χ0v) is 15.8. The minimum absolute atomic E-state index is 0.0223. The number of nitrogens with zero attached hydrogens (tertiary/aromatic N) is 2. The number of hydrogen-bond donors (Lipinski definition) is 2. The first-order chi connectivity index (χ1) is 12.5. The number of methoxy groups -OCH3 is 1. The topological polar surface area (TPSA) is 66.3 Å². The molecular weight excluding hydrogens is 332 g/mol. The SMILES string of the molecule is COc1cccc(N2C[C@@H](NC(=O)N(C)C3CC[NH+](C)CC3)CC2=O)c1. The van der Waals surface area contributed by atoms with Crippen LogP contribution in [0.25, 0.3) is 0 Å². The van der Waals surface area contributed by atoms with Crippen LogP contribution in [-0.4, -0.2) is 69.8 Å². The molecule has 7 heteroatoms. The molecule has 3 rings (SSSR count). The van der Waals surface area contributed by atoms with E-state index in [2.05, 4.69) is 12.4 Å². The van der Waals surface area contributed by atoms with E-state index in [1.807, 2.05) is 36.2 Å². The Morgan fingerprint density at radius 1 is 1.35 bits per heavy atom. The predicted octanol–water partition coefficient (Wildman–Crippen LogP) is 0.119. The fraction of sp³-hybridized carbons (Fsp3) is 0.579. The smallest absolute Gasteiger partial charge is 0.317 e. The van der Waals surface area contributed by atoms with Gasteiger partial charge in [-0.15, -0.1) is 0 Å². The highest BCUT2D eigenvalue weighted by Crippen LogP contribution is 2.25. The summed E-state index contributed by atoms with van der Waals surface area (Å²) in [7, 11) is 5.65. The molecule has 0 radical (unpaired) electrons. The van der Waals surface area contributed by atoms with Crippen LogP contribution in [0.4, 0.5) is 10.5 Å². The Morgan fingerprint density at radius 3 is 2.77 bits per heavy atom. The van der Waals surface area contributed by atoms with Gasteiger partial charge in [-0.05, 0) is 12.1 Å². The van der Waals surface area contributed by atoms with E-state index in [1.165, 1.54) is 4.90 Å². The van der Waals surface area contributed by atoms with Crippen molar-refractivity contribution >= 4 is 17.6 Å². The molecule has 1 aromatic carbocycles. The second-order valence-corrected chi connectivity index (χ2v) is 7.36. The van der Waals surface area contributed by atoms with E-state index < -0.39 is 0 Å². The number of carbonyl (C=O) groups is 2. The van der Waals surface area contributed by atoms with E-state index in [-0.39, 0.29) is 24.0 Å². The predicted molar refractivity (Wildman–Crippen MR) is 99.7 cm³/mol. The maximum Gasteiger partial charge on any atom is 0.317 e. The molecule has 0 aliphatic carbocycles. The van der Waals surface area contributed by atoms with Gasteiger partial charge in [0.2, 0.25) is 5.91 Å². The molecule has 0 unspecified atom stereocenters. The summed E-state index contributed by atoms with van der Waals surface area (Å²) in [5, 5.41) is 3.03. The van der Waals surface area contributed by atoms with Gasteiger partial charge in [-0.25, -0.2) is 4.79 Å². The molecule has 0 aromatic heterocycles. The average molecular weight is 361 g/mol. The molecule has 26 heavy (non-hydrogen) atoms. The number of amides is 3. The fourth-order valence-electron chi connectivity index (χ4n) is 3.76. The van der Waals surface area contributed by atoms with Crippen molar-refractivity contribution in [1.82, 2.24) is 10.2 Å². The lowest BCUT2D eigenvalue weighted by molar-refractivity contribution is -0.885. The van der Waals surface area contributed by atoms with Gasteiger partial charge in [0.05, 0.1) is 33.3 Å². The summed E-state index contributed by atoms with van der Waals surface area (Å²) in [6, 6.07) is 7.47. The summed E-state index contributed by atoms with van der Waals surface area (Å²) < 4.78 is 5.23. The van der Waals surface area contributed by atoms with E-state index >= 15 is 0 Å². The molecule has 2 fully saturated rings. The van der Waals surface area contributed by atoms with Crippen LogP contribution >= 0.6 is 0 Å². The summed E-state index contributed by atoms with van der Waals surface area (Å²) in [6.07, 6.45) is 2.37. The largest absolute Gasteiger partial charge is 0.497 e. The Hall–Kier alpha value is -2.28. The van der Waals surface area contributed by atoms with Crippen LogP contribution in [0.15, 0.2) is 24.3 Å². The van der Waals surface area contributed by atoms with Crippen molar-refractivity contribution in [2.24, 2.45) is 0 Å². The summed E-state index contributed by atoms with van der Waals surface area (Å²) in [5.41, 5.74) is 0.803. The Morgan fingerprint density at radius 2 is 2.08 bits per heavy atom. The van der Waals surface area contributed by atoms with Gasteiger partial charge in [0.15, 0.2) is 0 Å². The maximum absolute atomic E-state index is 12.6. The minimum Gasteiger partial charge on any atom is -0.497 e. The van der Waals surface area contributed by atoms with Crippen molar-refractivity contribution < 1.29 is 19.2 Å². The molecule has 1 aromatic rings. The van der Waals surface area contributed by atoms with Crippen molar-refractivity contribution in [3.63, 3.8) is 0 Å². The van der Waals surface area contributed by atoms with E-state index in [0.717, 1.165) is 31.6 Å². The Labute approximate surface area is 154 Å². The number of ether oxygens (including phenoxy) is 1. The number of urea groups is 1. The molecule has 2 saturated heterocycles. The highest BCUT2D eigenvalue weighted by atomic mass is 16.5. The Balaban J connectivity index is 1.57. The first-order valence-electron chi connectivity index (χ1n) is 9.27. The number of anilines is 1. The minimum atomic E-state index is -0.166. The highest BCUT2D eigenvalue weighted by Gasteiger charge is 2.33. The summed E-state index contributed by atoms with van der Waals surface area (Å²) >= 11 is 0. The second-order valence-electron chi connectivity index (χ2n) is 7.36. The number of hydrogen-bond acceptors (Lipinski definition) is 3. The zero-order valence-electron chi connectivity index (χ0n) is 15.8. The Kier molecular flexibility index (Phi) is 5.66. The van der Waals surface area contributed by atoms with Crippen LogP contribution in [0.3, 0.4) is 0 Å². The number of quaternary nitrogens is 1. The van der Waals surface area contributed by atoms with Crippen LogP contribution in [0.2, 0.25) is 0 Å². The van der Waals surface area contributed by atoms with Crippen molar-refractivity contribution in [2.45, 2.75) is 31.3 Å². The molecule has 0 bridgehead atoms. The van der Waals surface area contributed by atoms with Crippen LogP contribution in [-0.2, 0) is 4.79 Å². The monoisotopic (exact) mass is 361 g/mol. The molecule has 142 valence electrons. The molecule has 3 amide bonds. The average Bonchev–Trinajstić information content (AvgIpc) is 3.02. The summed E-state index contributed by atoms with van der Waals surface area (Å²) in [6.45, 7) is 2.67. The number of likely N-dealkylation sites (tertiary alicyclic amines) is 1. The summed E-state index contributed by atoms with van der Waals surface area (Å²) in [4.78, 5) is 30.0. The number of piperidine rings is 1. The molecule has 2 N–H and O–H groups in total. The number of carbonyl (C=O) groups excluding carboxylic acids is 2. The van der Waals surface area contributed by atoms with Gasteiger partial charge in [-0.3, -0.25) is 4.79 Å². The molecule has 0 saturated carbocycles. The number of nitrogens with one attached hydrogen (secondary N) is 2. The van der Waals surface area contributed by atoms with Crippen molar-refractivity contribution in [3.05, 3.63) is 24.3 Å². The molecule has 7 nitrogen and oxygen atoms in total. The van der Waals surface area contributed by atoms with E-state index in [4.69, 9.17) is 4.74 Å². The molecule has 2 heterocycles. The number of rotatable bonds is 4. The van der Waals surface area contributed by atoms with Gasteiger partial charge in [-0.1, -0.05) is 6.07 Å². The first-order valence-corrected chi connectivity index (χ1v) is 9.27. The molecule has 1 atom stereocenters. The van der Waals surface area contributed by atoms with Gasteiger partial charge in [0, 0.05) is 50.7 Å². The molecule has 0 spiro atoms. The molecule has 2 aliphatic rings. The normalized spacial score (nSPS) is 25.9. The lowest BCUT2D eigenvalue weighted by Gasteiger charge is -2.33. The lowest BCUT2D eigenvalue weighted by atomic mass is 10.0. The number of benzene rings is 1. The van der Waals surface area contributed by atoms with Gasteiger partial charge >= 0.3 is 6.03 Å². The third-order valence-corrected chi connectivity index (χ3v) is 5.49. The quantitative estimate of drug-likeness (QED) is 0.801.